The van der Waals surface area contributed by atoms with Crippen molar-refractivity contribution >= 4 is 17.6 Å². The summed E-state index contributed by atoms with van der Waals surface area (Å²) in [5.41, 5.74) is 3.94. The minimum absolute atomic E-state index is 0.0687. The Kier molecular flexibility index (Phi) is 6.02. The average Bonchev–Trinajstić information content (AvgIpc) is 2.82. The van der Waals surface area contributed by atoms with E-state index in [1.165, 1.54) is 0 Å². The number of aromatic nitrogens is 2. The second-order valence-electron chi connectivity index (χ2n) is 6.27. The normalized spacial score (nSPS) is 11.8. The lowest BCUT2D eigenvalue weighted by atomic mass is 10.1. The van der Waals surface area contributed by atoms with Gasteiger partial charge >= 0.3 is 5.97 Å². The molecule has 0 bridgehead atoms. The first kappa shape index (κ1) is 19.5. The first-order valence-electron chi connectivity index (χ1n) is 8.37. The minimum Gasteiger partial charge on any atom is -0.496 e. The number of rotatable bonds is 6. The summed E-state index contributed by atoms with van der Waals surface area (Å²) in [7, 11) is 3.39. The molecule has 26 heavy (non-hydrogen) atoms. The third-order valence-corrected chi connectivity index (χ3v) is 4.26. The Hall–Kier alpha value is -2.83. The van der Waals surface area contributed by atoms with Crippen molar-refractivity contribution in [2.24, 2.45) is 7.05 Å². The Bertz CT molecular complexity index is 826. The Morgan fingerprint density at radius 2 is 1.96 bits per heavy atom. The van der Waals surface area contributed by atoms with Gasteiger partial charge in [-0.25, -0.2) is 0 Å². The number of amides is 1. The molecule has 1 unspecified atom stereocenters. The van der Waals surface area contributed by atoms with E-state index in [0.717, 1.165) is 16.8 Å². The molecule has 0 radical (unpaired) electrons. The number of hydrogen-bond acceptors (Lipinski definition) is 5. The summed E-state index contributed by atoms with van der Waals surface area (Å²) in [5.74, 6) is -0.152. The highest BCUT2D eigenvalue weighted by molar-refractivity contribution is 5.96. The summed E-state index contributed by atoms with van der Waals surface area (Å²) in [4.78, 5) is 24.5. The van der Waals surface area contributed by atoms with E-state index < -0.39 is 12.1 Å². The molecule has 1 aromatic heterocycles. The molecule has 0 aliphatic heterocycles. The SMILES string of the molecule is COc1cc(CC(=O)OC(C)C(=O)Nc2c(C)nn(C)c2C)ccc1C. The van der Waals surface area contributed by atoms with Crippen LogP contribution in [-0.4, -0.2) is 34.9 Å². The molecule has 2 aromatic rings. The number of nitrogens with zero attached hydrogens (tertiary/aromatic N) is 2. The molecule has 0 aliphatic carbocycles. The van der Waals surface area contributed by atoms with Crippen molar-refractivity contribution in [3.8, 4) is 5.75 Å². The fourth-order valence-electron chi connectivity index (χ4n) is 2.61. The zero-order valence-corrected chi connectivity index (χ0v) is 16.0. The van der Waals surface area contributed by atoms with E-state index in [9.17, 15) is 9.59 Å². The maximum absolute atomic E-state index is 12.3. The van der Waals surface area contributed by atoms with Gasteiger partial charge in [-0.1, -0.05) is 12.1 Å². The highest BCUT2D eigenvalue weighted by Crippen LogP contribution is 2.20. The van der Waals surface area contributed by atoms with E-state index in [4.69, 9.17) is 9.47 Å². The monoisotopic (exact) mass is 359 g/mol. The molecule has 0 spiro atoms. The summed E-state index contributed by atoms with van der Waals surface area (Å²) in [6.45, 7) is 7.14. The summed E-state index contributed by atoms with van der Waals surface area (Å²) in [6.07, 6.45) is -0.840. The van der Waals surface area contributed by atoms with E-state index in [1.54, 1.807) is 31.8 Å². The maximum Gasteiger partial charge on any atom is 0.311 e. The molecule has 0 fully saturated rings. The van der Waals surface area contributed by atoms with Crippen molar-refractivity contribution < 1.29 is 19.1 Å². The highest BCUT2D eigenvalue weighted by Gasteiger charge is 2.21. The Balaban J connectivity index is 1.97. The van der Waals surface area contributed by atoms with Crippen molar-refractivity contribution in [3.63, 3.8) is 0 Å². The number of carbonyl (C=O) groups is 2. The third kappa shape index (κ3) is 4.41. The second kappa shape index (κ2) is 8.03. The van der Waals surface area contributed by atoms with E-state index in [1.807, 2.05) is 32.9 Å². The number of aryl methyl sites for hydroxylation is 3. The standard InChI is InChI=1S/C19H25N3O4/c1-11-7-8-15(9-16(11)25-6)10-17(23)26-14(4)19(24)20-18-12(2)21-22(5)13(18)3/h7-9,14H,10H2,1-6H3,(H,20,24). The topological polar surface area (TPSA) is 82.4 Å². The lowest BCUT2D eigenvalue weighted by Crippen LogP contribution is -2.30. The fraction of sp³-hybridized carbons (Fsp3) is 0.421. The number of carbonyl (C=O) groups excluding carboxylic acids is 2. The van der Waals surface area contributed by atoms with Crippen LogP contribution in [0.1, 0.15) is 29.4 Å². The number of methoxy groups -OCH3 is 1. The molecule has 140 valence electrons. The molecule has 7 nitrogen and oxygen atoms in total. The number of hydrogen-bond donors (Lipinski definition) is 1. The van der Waals surface area contributed by atoms with Crippen molar-refractivity contribution in [2.45, 2.75) is 40.2 Å². The van der Waals surface area contributed by atoms with Crippen LogP contribution in [0.5, 0.6) is 5.75 Å². The van der Waals surface area contributed by atoms with Crippen LogP contribution < -0.4 is 10.1 Å². The van der Waals surface area contributed by atoms with Gasteiger partial charge in [0.05, 0.1) is 30.6 Å². The predicted molar refractivity (Wildman–Crippen MR) is 98.3 cm³/mol. The first-order valence-corrected chi connectivity index (χ1v) is 8.37. The highest BCUT2D eigenvalue weighted by atomic mass is 16.5. The molecule has 7 heteroatoms. The number of nitrogens with one attached hydrogen (secondary N) is 1. The quantitative estimate of drug-likeness (QED) is 0.801. The smallest absolute Gasteiger partial charge is 0.311 e. The average molecular weight is 359 g/mol. The van der Waals surface area contributed by atoms with E-state index in [2.05, 4.69) is 10.4 Å². The molecule has 1 aromatic carbocycles. The van der Waals surface area contributed by atoms with Gasteiger partial charge < -0.3 is 14.8 Å². The summed E-state index contributed by atoms with van der Waals surface area (Å²) in [6, 6.07) is 5.52. The third-order valence-electron chi connectivity index (χ3n) is 4.26. The van der Waals surface area contributed by atoms with Gasteiger partial charge in [0.15, 0.2) is 6.10 Å². The number of anilines is 1. The largest absolute Gasteiger partial charge is 0.496 e. The van der Waals surface area contributed by atoms with Crippen LogP contribution in [-0.2, 0) is 27.8 Å². The van der Waals surface area contributed by atoms with Crippen LogP contribution in [0.25, 0.3) is 0 Å². The number of esters is 1. The zero-order valence-electron chi connectivity index (χ0n) is 16.0. The predicted octanol–water partition coefficient (Wildman–Crippen LogP) is 2.47. The number of benzene rings is 1. The summed E-state index contributed by atoms with van der Waals surface area (Å²) >= 11 is 0. The van der Waals surface area contributed by atoms with Crippen LogP contribution in [0.15, 0.2) is 18.2 Å². The molecular weight excluding hydrogens is 334 g/mol. The lowest BCUT2D eigenvalue weighted by Gasteiger charge is -2.14. The molecule has 1 atom stereocenters. The fourth-order valence-corrected chi connectivity index (χ4v) is 2.61. The molecule has 1 heterocycles. The van der Waals surface area contributed by atoms with Gasteiger partial charge in [-0.2, -0.15) is 5.10 Å². The Morgan fingerprint density at radius 3 is 2.54 bits per heavy atom. The molecule has 2 rings (SSSR count). The molecule has 0 aliphatic rings. The minimum atomic E-state index is -0.908. The van der Waals surface area contributed by atoms with E-state index in [-0.39, 0.29) is 12.3 Å². The maximum atomic E-state index is 12.3. The molecular formula is C19H25N3O4. The van der Waals surface area contributed by atoms with Gasteiger partial charge in [0.2, 0.25) is 0 Å². The van der Waals surface area contributed by atoms with Gasteiger partial charge in [0.1, 0.15) is 5.75 Å². The van der Waals surface area contributed by atoms with Gasteiger partial charge in [-0.15, -0.1) is 0 Å². The number of ether oxygens (including phenoxy) is 2. The molecule has 1 amide bonds. The van der Waals surface area contributed by atoms with Gasteiger partial charge in [0, 0.05) is 7.05 Å². The molecule has 1 N–H and O–H groups in total. The van der Waals surface area contributed by atoms with Crippen molar-refractivity contribution in [1.82, 2.24) is 9.78 Å². The van der Waals surface area contributed by atoms with Crippen molar-refractivity contribution in [2.75, 3.05) is 12.4 Å². The zero-order chi connectivity index (χ0) is 19.4. The van der Waals surface area contributed by atoms with E-state index in [0.29, 0.717) is 17.1 Å². The Morgan fingerprint density at radius 1 is 1.27 bits per heavy atom. The van der Waals surface area contributed by atoms with Crippen LogP contribution in [0, 0.1) is 20.8 Å². The first-order chi connectivity index (χ1) is 12.2. The summed E-state index contributed by atoms with van der Waals surface area (Å²) in [5, 5.41) is 7.02. The van der Waals surface area contributed by atoms with E-state index >= 15 is 0 Å². The van der Waals surface area contributed by atoms with Gasteiger partial charge in [-0.05, 0) is 44.9 Å². The summed E-state index contributed by atoms with van der Waals surface area (Å²) < 4.78 is 12.2. The van der Waals surface area contributed by atoms with Crippen LogP contribution in [0.2, 0.25) is 0 Å². The van der Waals surface area contributed by atoms with Crippen molar-refractivity contribution in [3.05, 3.63) is 40.7 Å². The molecule has 0 saturated carbocycles. The van der Waals surface area contributed by atoms with Gasteiger partial charge in [-0.3, -0.25) is 14.3 Å². The molecule has 0 saturated heterocycles. The van der Waals surface area contributed by atoms with Gasteiger partial charge in [0.25, 0.3) is 5.91 Å². The van der Waals surface area contributed by atoms with Crippen molar-refractivity contribution in [1.29, 1.82) is 0 Å². The van der Waals surface area contributed by atoms with Crippen LogP contribution >= 0.6 is 0 Å². The Labute approximate surface area is 153 Å². The second-order valence-corrected chi connectivity index (χ2v) is 6.27. The van der Waals surface area contributed by atoms with Crippen LogP contribution in [0.3, 0.4) is 0 Å². The van der Waals surface area contributed by atoms with Crippen LogP contribution in [0.4, 0.5) is 5.69 Å². The lowest BCUT2D eigenvalue weighted by molar-refractivity contribution is -0.152.